The Morgan fingerprint density at radius 1 is 1.00 bits per heavy atom. The van der Waals surface area contributed by atoms with Crippen molar-refractivity contribution in [1.82, 2.24) is 4.68 Å². The number of carbonyl (C=O) groups excluding carboxylic acids is 1. The van der Waals surface area contributed by atoms with Crippen LogP contribution in [-0.2, 0) is 11.3 Å². The molecule has 3 aromatic rings. The van der Waals surface area contributed by atoms with E-state index in [0.29, 0.717) is 0 Å². The number of para-hydroxylation sites is 2. The first-order valence-corrected chi connectivity index (χ1v) is 7.64. The van der Waals surface area contributed by atoms with Gasteiger partial charge in [-0.05, 0) is 37.1 Å². The zero-order chi connectivity index (χ0) is 16.2. The van der Waals surface area contributed by atoms with Gasteiger partial charge in [-0.2, -0.15) is 0 Å². The number of nitrogens with zero attached hydrogens (tertiary/aromatic N) is 2. The molecule has 2 aromatic carbocycles. The van der Waals surface area contributed by atoms with Crippen LogP contribution in [0.2, 0.25) is 0 Å². The standard InChI is InChI=1S/C19H19N3O/c1-15-8-6-9-16(2)19(15)20-18(23)14-21-12-7-13-22(21)17-10-4-3-5-11-17/h3-13H,14H2,1-2H3/p+1. The summed E-state index contributed by atoms with van der Waals surface area (Å²) in [6.07, 6.45) is 3.85. The minimum absolute atomic E-state index is 0.0386. The third kappa shape index (κ3) is 3.31. The lowest BCUT2D eigenvalue weighted by Gasteiger charge is -2.10. The molecule has 116 valence electrons. The molecule has 0 bridgehead atoms. The second-order valence-corrected chi connectivity index (χ2v) is 5.58. The fourth-order valence-corrected chi connectivity index (χ4v) is 2.66. The van der Waals surface area contributed by atoms with Crippen molar-refractivity contribution in [3.63, 3.8) is 0 Å². The first-order valence-electron chi connectivity index (χ1n) is 7.64. The highest BCUT2D eigenvalue weighted by Gasteiger charge is 2.16. The highest BCUT2D eigenvalue weighted by Crippen LogP contribution is 2.19. The van der Waals surface area contributed by atoms with Gasteiger partial charge in [0.2, 0.25) is 6.54 Å². The van der Waals surface area contributed by atoms with E-state index >= 15 is 0 Å². The maximum absolute atomic E-state index is 12.4. The maximum Gasteiger partial charge on any atom is 0.292 e. The summed E-state index contributed by atoms with van der Waals surface area (Å²) in [5.74, 6) is -0.0386. The number of anilines is 1. The Kier molecular flexibility index (Phi) is 4.24. The monoisotopic (exact) mass is 306 g/mol. The van der Waals surface area contributed by atoms with Crippen molar-refractivity contribution < 1.29 is 9.48 Å². The fourth-order valence-electron chi connectivity index (χ4n) is 2.66. The molecule has 0 fully saturated rings. The van der Waals surface area contributed by atoms with E-state index in [1.807, 2.05) is 90.2 Å². The van der Waals surface area contributed by atoms with Gasteiger partial charge in [0.25, 0.3) is 5.91 Å². The van der Waals surface area contributed by atoms with E-state index in [9.17, 15) is 4.79 Å². The van der Waals surface area contributed by atoms with Crippen molar-refractivity contribution in [2.75, 3.05) is 5.32 Å². The summed E-state index contributed by atoms with van der Waals surface area (Å²) in [5, 5.41) is 3.02. The summed E-state index contributed by atoms with van der Waals surface area (Å²) in [6.45, 7) is 4.26. The highest BCUT2D eigenvalue weighted by atomic mass is 16.2. The molecule has 1 amide bonds. The van der Waals surface area contributed by atoms with E-state index in [4.69, 9.17) is 0 Å². The number of benzene rings is 2. The van der Waals surface area contributed by atoms with E-state index in [1.54, 1.807) is 0 Å². The highest BCUT2D eigenvalue weighted by molar-refractivity contribution is 5.91. The van der Waals surface area contributed by atoms with Crippen LogP contribution in [0.5, 0.6) is 0 Å². The Balaban J connectivity index is 1.78. The van der Waals surface area contributed by atoms with E-state index in [-0.39, 0.29) is 12.5 Å². The molecule has 0 unspecified atom stereocenters. The van der Waals surface area contributed by atoms with E-state index < -0.39 is 0 Å². The van der Waals surface area contributed by atoms with E-state index in [2.05, 4.69) is 5.32 Å². The van der Waals surface area contributed by atoms with Crippen LogP contribution in [0.25, 0.3) is 5.69 Å². The number of hydrogen-bond donors (Lipinski definition) is 1. The molecule has 0 aliphatic carbocycles. The van der Waals surface area contributed by atoms with Crippen molar-refractivity contribution in [3.8, 4) is 5.69 Å². The first kappa shape index (κ1) is 15.0. The quantitative estimate of drug-likeness (QED) is 0.739. The van der Waals surface area contributed by atoms with Gasteiger partial charge in [0.05, 0.1) is 6.20 Å². The molecular weight excluding hydrogens is 286 g/mol. The lowest BCUT2D eigenvalue weighted by molar-refractivity contribution is -0.755. The molecule has 1 N–H and O–H groups in total. The van der Waals surface area contributed by atoms with Crippen molar-refractivity contribution in [3.05, 3.63) is 78.1 Å². The molecule has 4 nitrogen and oxygen atoms in total. The van der Waals surface area contributed by atoms with Crippen LogP contribution in [0, 0.1) is 13.8 Å². The van der Waals surface area contributed by atoms with Gasteiger partial charge in [0.15, 0.2) is 6.20 Å². The van der Waals surface area contributed by atoms with Crippen molar-refractivity contribution >= 4 is 11.6 Å². The average Bonchev–Trinajstić information content (AvgIpc) is 3.00. The molecular formula is C19H20N3O+. The molecule has 0 aliphatic heterocycles. The molecule has 0 saturated heterocycles. The van der Waals surface area contributed by atoms with E-state index in [0.717, 1.165) is 22.5 Å². The predicted molar refractivity (Wildman–Crippen MR) is 90.5 cm³/mol. The topological polar surface area (TPSA) is 37.9 Å². The fraction of sp³-hybridized carbons (Fsp3) is 0.158. The molecule has 1 heterocycles. The Hall–Kier alpha value is -2.88. The number of carbonyl (C=O) groups is 1. The second-order valence-electron chi connectivity index (χ2n) is 5.58. The average molecular weight is 306 g/mol. The van der Waals surface area contributed by atoms with Gasteiger partial charge >= 0.3 is 0 Å². The Bertz CT molecular complexity index is 801. The molecule has 23 heavy (non-hydrogen) atoms. The van der Waals surface area contributed by atoms with Crippen LogP contribution < -0.4 is 10.00 Å². The number of nitrogens with one attached hydrogen (secondary N) is 1. The number of aryl methyl sites for hydroxylation is 2. The molecule has 0 saturated carbocycles. The van der Waals surface area contributed by atoms with Gasteiger partial charge in [0, 0.05) is 11.8 Å². The van der Waals surface area contributed by atoms with Gasteiger partial charge < -0.3 is 5.32 Å². The van der Waals surface area contributed by atoms with Crippen LogP contribution in [0.15, 0.2) is 67.0 Å². The Labute approximate surface area is 136 Å². The van der Waals surface area contributed by atoms with Crippen LogP contribution in [-0.4, -0.2) is 10.6 Å². The van der Waals surface area contributed by atoms with Crippen molar-refractivity contribution in [1.29, 1.82) is 0 Å². The summed E-state index contributed by atoms with van der Waals surface area (Å²) in [6, 6.07) is 17.9. The largest absolute Gasteiger partial charge is 0.320 e. The first-order chi connectivity index (χ1) is 11.1. The third-order valence-electron chi connectivity index (χ3n) is 3.83. The number of amides is 1. The lowest BCUT2D eigenvalue weighted by Crippen LogP contribution is -2.46. The van der Waals surface area contributed by atoms with Gasteiger partial charge in [-0.1, -0.05) is 36.4 Å². The molecule has 0 radical (unpaired) electrons. The molecule has 0 atom stereocenters. The summed E-state index contributed by atoms with van der Waals surface area (Å²) in [4.78, 5) is 12.4. The summed E-state index contributed by atoms with van der Waals surface area (Å²) < 4.78 is 3.85. The SMILES string of the molecule is Cc1cccc(C)c1NC(=O)C[n+]1cccn1-c1ccccc1. The Morgan fingerprint density at radius 3 is 2.39 bits per heavy atom. The zero-order valence-corrected chi connectivity index (χ0v) is 13.4. The number of rotatable bonds is 4. The van der Waals surface area contributed by atoms with Gasteiger partial charge in [-0.15, -0.1) is 9.36 Å². The van der Waals surface area contributed by atoms with Crippen LogP contribution in [0.4, 0.5) is 5.69 Å². The van der Waals surface area contributed by atoms with Crippen LogP contribution in [0.3, 0.4) is 0 Å². The molecule has 1 aromatic heterocycles. The lowest BCUT2D eigenvalue weighted by atomic mass is 10.1. The minimum Gasteiger partial charge on any atom is -0.320 e. The summed E-state index contributed by atoms with van der Waals surface area (Å²) >= 11 is 0. The normalized spacial score (nSPS) is 10.5. The predicted octanol–water partition coefficient (Wildman–Crippen LogP) is 3.02. The second kappa shape index (κ2) is 6.48. The van der Waals surface area contributed by atoms with E-state index in [1.165, 1.54) is 0 Å². The molecule has 0 aliphatic rings. The number of hydrogen-bond acceptors (Lipinski definition) is 1. The zero-order valence-electron chi connectivity index (χ0n) is 13.4. The molecule has 0 spiro atoms. The van der Waals surface area contributed by atoms with Crippen molar-refractivity contribution in [2.45, 2.75) is 20.4 Å². The van der Waals surface area contributed by atoms with Crippen LogP contribution >= 0.6 is 0 Å². The number of aromatic nitrogens is 2. The Morgan fingerprint density at radius 2 is 1.70 bits per heavy atom. The van der Waals surface area contributed by atoms with Crippen LogP contribution in [0.1, 0.15) is 11.1 Å². The van der Waals surface area contributed by atoms with Gasteiger partial charge in [-0.3, -0.25) is 4.79 Å². The minimum atomic E-state index is -0.0386. The summed E-state index contributed by atoms with van der Waals surface area (Å²) in [7, 11) is 0. The maximum atomic E-state index is 12.4. The van der Waals surface area contributed by atoms with Gasteiger partial charge in [-0.25, -0.2) is 0 Å². The van der Waals surface area contributed by atoms with Gasteiger partial charge in [0.1, 0.15) is 5.69 Å². The summed E-state index contributed by atoms with van der Waals surface area (Å²) in [5.41, 5.74) is 4.07. The smallest absolute Gasteiger partial charge is 0.292 e. The van der Waals surface area contributed by atoms with Crippen molar-refractivity contribution in [2.24, 2.45) is 0 Å². The molecule has 4 heteroatoms. The molecule has 3 rings (SSSR count). The third-order valence-corrected chi connectivity index (χ3v) is 3.83.